The van der Waals surface area contributed by atoms with Crippen LogP contribution in [0.25, 0.3) is 11.1 Å². The van der Waals surface area contributed by atoms with E-state index in [-0.39, 0.29) is 11.7 Å². The van der Waals surface area contributed by atoms with E-state index in [0.29, 0.717) is 11.4 Å². The van der Waals surface area contributed by atoms with E-state index in [1.165, 1.54) is 24.3 Å². The Hall–Kier alpha value is -3.21. The molecule has 120 valence electrons. The Balaban J connectivity index is 1.79. The molecule has 3 aromatic rings. The van der Waals surface area contributed by atoms with Gasteiger partial charge < -0.3 is 10.1 Å². The number of carbonyl (C=O) groups is 1. The fourth-order valence-electron chi connectivity index (χ4n) is 2.25. The number of nitrogens with one attached hydrogen (secondary N) is 1. The van der Waals surface area contributed by atoms with Crippen LogP contribution in [0.3, 0.4) is 0 Å². The molecule has 0 radical (unpaired) electrons. The van der Waals surface area contributed by atoms with Crippen molar-refractivity contribution in [3.63, 3.8) is 0 Å². The van der Waals surface area contributed by atoms with Gasteiger partial charge in [0.15, 0.2) is 0 Å². The lowest BCUT2D eigenvalue weighted by Gasteiger charge is -2.07. The Bertz CT molecular complexity index is 846. The van der Waals surface area contributed by atoms with Gasteiger partial charge in [-0.1, -0.05) is 12.1 Å². The minimum atomic E-state index is -0.383. The molecule has 0 bridgehead atoms. The summed E-state index contributed by atoms with van der Waals surface area (Å²) < 4.78 is 18.1. The van der Waals surface area contributed by atoms with Crippen LogP contribution in [0.5, 0.6) is 5.75 Å². The summed E-state index contributed by atoms with van der Waals surface area (Å²) in [4.78, 5) is 16.3. The number of hydrogen-bond acceptors (Lipinski definition) is 3. The minimum Gasteiger partial charge on any atom is -0.497 e. The van der Waals surface area contributed by atoms with Crippen LogP contribution >= 0.6 is 0 Å². The van der Waals surface area contributed by atoms with Crippen molar-refractivity contribution in [3.05, 3.63) is 78.2 Å². The number of hydrogen-bond donors (Lipinski definition) is 1. The lowest BCUT2D eigenvalue weighted by molar-refractivity contribution is 0.102. The lowest BCUT2D eigenvalue weighted by Crippen LogP contribution is -2.12. The maximum atomic E-state index is 12.9. The van der Waals surface area contributed by atoms with Crippen molar-refractivity contribution in [1.82, 2.24) is 4.98 Å². The molecule has 0 spiro atoms. The van der Waals surface area contributed by atoms with E-state index < -0.39 is 0 Å². The van der Waals surface area contributed by atoms with Crippen molar-refractivity contribution < 1.29 is 13.9 Å². The second-order valence-corrected chi connectivity index (χ2v) is 5.12. The van der Waals surface area contributed by atoms with Gasteiger partial charge in [0.25, 0.3) is 5.91 Å². The van der Waals surface area contributed by atoms with Crippen LogP contribution in [0.4, 0.5) is 10.2 Å². The molecule has 1 heterocycles. The van der Waals surface area contributed by atoms with Gasteiger partial charge in [-0.15, -0.1) is 0 Å². The Morgan fingerprint density at radius 2 is 1.71 bits per heavy atom. The van der Waals surface area contributed by atoms with Crippen LogP contribution in [-0.4, -0.2) is 18.0 Å². The largest absolute Gasteiger partial charge is 0.497 e. The second-order valence-electron chi connectivity index (χ2n) is 5.12. The molecule has 0 aliphatic heterocycles. The Kier molecular flexibility index (Phi) is 4.52. The number of rotatable bonds is 4. The molecule has 0 saturated heterocycles. The smallest absolute Gasteiger partial charge is 0.256 e. The third-order valence-electron chi connectivity index (χ3n) is 3.53. The first-order chi connectivity index (χ1) is 11.7. The molecule has 1 amide bonds. The van der Waals surface area contributed by atoms with Crippen LogP contribution in [-0.2, 0) is 0 Å². The highest BCUT2D eigenvalue weighted by molar-refractivity contribution is 6.03. The predicted molar refractivity (Wildman–Crippen MR) is 90.6 cm³/mol. The van der Waals surface area contributed by atoms with Gasteiger partial charge in [0.05, 0.1) is 7.11 Å². The quantitative estimate of drug-likeness (QED) is 0.785. The highest BCUT2D eigenvalue weighted by atomic mass is 19.1. The number of anilines is 1. The zero-order valence-corrected chi connectivity index (χ0v) is 13.0. The first-order valence-electron chi connectivity index (χ1n) is 7.33. The second kappa shape index (κ2) is 6.91. The first-order valence-corrected chi connectivity index (χ1v) is 7.33. The van der Waals surface area contributed by atoms with Crippen LogP contribution in [0.2, 0.25) is 0 Å². The average Bonchev–Trinajstić information content (AvgIpc) is 2.62. The summed E-state index contributed by atoms with van der Waals surface area (Å²) in [6, 6.07) is 16.6. The molecule has 1 N–H and O–H groups in total. The zero-order valence-electron chi connectivity index (χ0n) is 13.0. The number of benzene rings is 2. The fraction of sp³-hybridized carbons (Fsp3) is 0.0526. The normalized spacial score (nSPS) is 10.2. The third kappa shape index (κ3) is 3.57. The van der Waals surface area contributed by atoms with Gasteiger partial charge in [0.2, 0.25) is 0 Å². The van der Waals surface area contributed by atoms with E-state index in [0.717, 1.165) is 16.9 Å². The van der Waals surface area contributed by atoms with Crippen molar-refractivity contribution in [2.45, 2.75) is 0 Å². The molecule has 0 fully saturated rings. The predicted octanol–water partition coefficient (Wildman–Crippen LogP) is 4.15. The fourth-order valence-corrected chi connectivity index (χ4v) is 2.25. The molecule has 0 unspecified atom stereocenters. The van der Waals surface area contributed by atoms with Gasteiger partial charge in [-0.3, -0.25) is 4.79 Å². The van der Waals surface area contributed by atoms with Crippen LogP contribution in [0.15, 0.2) is 66.9 Å². The number of amides is 1. The van der Waals surface area contributed by atoms with E-state index in [4.69, 9.17) is 4.74 Å². The number of pyridine rings is 1. The van der Waals surface area contributed by atoms with Crippen LogP contribution < -0.4 is 10.1 Å². The molecular formula is C19H15FN2O2. The van der Waals surface area contributed by atoms with Crippen molar-refractivity contribution in [2.75, 3.05) is 12.4 Å². The van der Waals surface area contributed by atoms with Crippen molar-refractivity contribution in [3.8, 4) is 16.9 Å². The summed E-state index contributed by atoms with van der Waals surface area (Å²) in [5.41, 5.74) is 2.27. The standard InChI is InChI=1S/C19H15FN2O2/c1-24-17-8-4-13(5-9-17)15-10-11-21-18(12-15)22-19(23)14-2-6-16(20)7-3-14/h2-12H,1H3,(H,21,22,23). The summed E-state index contributed by atoms with van der Waals surface area (Å²) in [5, 5.41) is 2.71. The Labute approximate surface area is 138 Å². The summed E-state index contributed by atoms with van der Waals surface area (Å²) >= 11 is 0. The van der Waals surface area contributed by atoms with Gasteiger partial charge in [0.1, 0.15) is 17.4 Å². The molecule has 0 aliphatic rings. The molecule has 5 heteroatoms. The summed E-state index contributed by atoms with van der Waals surface area (Å²) in [6.45, 7) is 0. The highest BCUT2D eigenvalue weighted by Crippen LogP contribution is 2.23. The molecule has 0 saturated carbocycles. The van der Waals surface area contributed by atoms with E-state index in [2.05, 4.69) is 10.3 Å². The third-order valence-corrected chi connectivity index (χ3v) is 3.53. The maximum Gasteiger partial charge on any atom is 0.256 e. The molecule has 3 rings (SSSR count). The molecule has 24 heavy (non-hydrogen) atoms. The highest BCUT2D eigenvalue weighted by Gasteiger charge is 2.08. The summed E-state index contributed by atoms with van der Waals surface area (Å²) in [5.74, 6) is 0.482. The summed E-state index contributed by atoms with van der Waals surface area (Å²) in [7, 11) is 1.62. The Morgan fingerprint density at radius 1 is 1.00 bits per heavy atom. The number of ether oxygens (including phenoxy) is 1. The van der Waals surface area contributed by atoms with E-state index in [1.54, 1.807) is 19.4 Å². The average molecular weight is 322 g/mol. The van der Waals surface area contributed by atoms with Gasteiger partial charge in [-0.05, 0) is 59.7 Å². The van der Waals surface area contributed by atoms with Gasteiger partial charge >= 0.3 is 0 Å². The van der Waals surface area contributed by atoms with Gasteiger partial charge in [0, 0.05) is 11.8 Å². The lowest BCUT2D eigenvalue weighted by atomic mass is 10.1. The van der Waals surface area contributed by atoms with Gasteiger partial charge in [-0.25, -0.2) is 9.37 Å². The van der Waals surface area contributed by atoms with Crippen LogP contribution in [0.1, 0.15) is 10.4 Å². The van der Waals surface area contributed by atoms with Gasteiger partial charge in [-0.2, -0.15) is 0 Å². The number of methoxy groups -OCH3 is 1. The van der Waals surface area contributed by atoms with Crippen molar-refractivity contribution in [1.29, 1.82) is 0 Å². The molecule has 0 atom stereocenters. The number of nitrogens with zero attached hydrogens (tertiary/aromatic N) is 1. The number of halogens is 1. The number of aromatic nitrogens is 1. The minimum absolute atomic E-state index is 0.339. The maximum absolute atomic E-state index is 12.9. The first kappa shape index (κ1) is 15.7. The molecule has 2 aromatic carbocycles. The van der Waals surface area contributed by atoms with Crippen molar-refractivity contribution >= 4 is 11.7 Å². The van der Waals surface area contributed by atoms with E-state index in [1.807, 2.05) is 30.3 Å². The Morgan fingerprint density at radius 3 is 2.38 bits per heavy atom. The van der Waals surface area contributed by atoms with Crippen LogP contribution in [0, 0.1) is 5.82 Å². The molecule has 1 aromatic heterocycles. The monoisotopic (exact) mass is 322 g/mol. The number of carbonyl (C=O) groups excluding carboxylic acids is 1. The summed E-state index contributed by atoms with van der Waals surface area (Å²) in [6.07, 6.45) is 1.62. The van der Waals surface area contributed by atoms with E-state index in [9.17, 15) is 9.18 Å². The molecular weight excluding hydrogens is 307 g/mol. The van der Waals surface area contributed by atoms with E-state index >= 15 is 0 Å². The molecule has 0 aliphatic carbocycles. The molecule has 4 nitrogen and oxygen atoms in total. The SMILES string of the molecule is COc1ccc(-c2ccnc(NC(=O)c3ccc(F)cc3)c2)cc1. The zero-order chi connectivity index (χ0) is 16.9. The van der Waals surface area contributed by atoms with Crippen molar-refractivity contribution in [2.24, 2.45) is 0 Å². The topological polar surface area (TPSA) is 51.2 Å².